The molecule has 0 aliphatic rings. The third-order valence-corrected chi connectivity index (χ3v) is 1.65. The number of hydrogen-bond acceptors (Lipinski definition) is 3. The van der Waals surface area contributed by atoms with E-state index in [2.05, 4.69) is 0 Å². The van der Waals surface area contributed by atoms with Crippen LogP contribution in [0.15, 0.2) is 6.20 Å². The Morgan fingerprint density at radius 3 is 2.15 bits per heavy atom. The summed E-state index contributed by atoms with van der Waals surface area (Å²) < 4.78 is 1.17. The van der Waals surface area contributed by atoms with Crippen molar-refractivity contribution in [2.75, 3.05) is 5.73 Å². The van der Waals surface area contributed by atoms with E-state index >= 15 is 0 Å². The fraction of sp³-hybridized carbons (Fsp3) is 0.143. The number of nitrogens with zero attached hydrogens (tertiary/aromatic N) is 1. The van der Waals surface area contributed by atoms with Gasteiger partial charge < -0.3 is 20.5 Å². The first kappa shape index (κ1) is 9.11. The Morgan fingerprint density at radius 1 is 1.38 bits per heavy atom. The zero-order valence-corrected chi connectivity index (χ0v) is 6.81. The second-order valence-electron chi connectivity index (χ2n) is 2.53. The van der Waals surface area contributed by atoms with Gasteiger partial charge in [-0.1, -0.05) is 0 Å². The van der Waals surface area contributed by atoms with Crippen molar-refractivity contribution in [2.24, 2.45) is 7.05 Å². The van der Waals surface area contributed by atoms with Gasteiger partial charge in [0.25, 0.3) is 0 Å². The average molecular weight is 184 g/mol. The van der Waals surface area contributed by atoms with Gasteiger partial charge in [0.2, 0.25) is 0 Å². The van der Waals surface area contributed by atoms with E-state index in [9.17, 15) is 9.59 Å². The van der Waals surface area contributed by atoms with Crippen LogP contribution in [0.1, 0.15) is 20.8 Å². The van der Waals surface area contributed by atoms with Gasteiger partial charge in [-0.25, -0.2) is 9.59 Å². The molecule has 70 valence electrons. The number of carbonyl (C=O) groups is 2. The maximum Gasteiger partial charge on any atom is 0.354 e. The van der Waals surface area contributed by atoms with Crippen LogP contribution in [0.2, 0.25) is 0 Å². The number of anilines is 1. The molecule has 0 radical (unpaired) electrons. The van der Waals surface area contributed by atoms with Gasteiger partial charge >= 0.3 is 11.9 Å². The molecular weight excluding hydrogens is 176 g/mol. The van der Waals surface area contributed by atoms with E-state index in [0.717, 1.165) is 0 Å². The molecule has 0 aliphatic heterocycles. The first-order chi connectivity index (χ1) is 5.95. The maximum atomic E-state index is 10.6. The summed E-state index contributed by atoms with van der Waals surface area (Å²) in [6.07, 6.45) is 1.17. The van der Waals surface area contributed by atoms with Crippen molar-refractivity contribution in [2.45, 2.75) is 0 Å². The van der Waals surface area contributed by atoms with Crippen LogP contribution in [0.3, 0.4) is 0 Å². The lowest BCUT2D eigenvalue weighted by Crippen LogP contribution is -2.07. The zero-order chi connectivity index (χ0) is 10.2. The quantitative estimate of drug-likeness (QED) is 0.600. The van der Waals surface area contributed by atoms with E-state index in [0.29, 0.717) is 0 Å². The van der Waals surface area contributed by atoms with Gasteiger partial charge in [0.05, 0.1) is 5.69 Å². The Bertz CT molecular complexity index is 380. The Morgan fingerprint density at radius 2 is 1.92 bits per heavy atom. The number of aromatic nitrogens is 1. The first-order valence-electron chi connectivity index (χ1n) is 3.36. The highest BCUT2D eigenvalue weighted by atomic mass is 16.4. The topological polar surface area (TPSA) is 106 Å². The van der Waals surface area contributed by atoms with Crippen molar-refractivity contribution in [3.05, 3.63) is 17.5 Å². The number of hydrogen-bond donors (Lipinski definition) is 3. The summed E-state index contributed by atoms with van der Waals surface area (Å²) >= 11 is 0. The molecule has 1 aromatic heterocycles. The molecule has 0 spiro atoms. The molecule has 0 atom stereocenters. The van der Waals surface area contributed by atoms with Crippen molar-refractivity contribution in [1.29, 1.82) is 0 Å². The summed E-state index contributed by atoms with van der Waals surface area (Å²) in [5.74, 6) is -2.48. The van der Waals surface area contributed by atoms with Gasteiger partial charge in [0, 0.05) is 13.2 Å². The number of aryl methyl sites for hydroxylation is 1. The van der Waals surface area contributed by atoms with E-state index in [-0.39, 0.29) is 16.9 Å². The molecule has 4 N–H and O–H groups in total. The van der Waals surface area contributed by atoms with Crippen LogP contribution in [0.4, 0.5) is 5.69 Å². The SMILES string of the molecule is Cn1cc(C(=O)O)c(N)c1C(=O)O. The van der Waals surface area contributed by atoms with E-state index in [1.807, 2.05) is 0 Å². The Labute approximate surface area is 73.2 Å². The first-order valence-corrected chi connectivity index (χ1v) is 3.36. The summed E-state index contributed by atoms with van der Waals surface area (Å²) in [6, 6.07) is 0. The predicted octanol–water partition coefficient (Wildman–Crippen LogP) is 0.00370. The van der Waals surface area contributed by atoms with Gasteiger partial charge in [0.15, 0.2) is 5.69 Å². The lowest BCUT2D eigenvalue weighted by atomic mass is 10.2. The standard InChI is InChI=1S/C7H8N2O4/c1-9-2-3(6(10)11)4(8)5(9)7(12)13/h2H,8H2,1H3,(H,10,11)(H,12,13). The van der Waals surface area contributed by atoms with Gasteiger partial charge in [0.1, 0.15) is 5.56 Å². The molecule has 0 unspecified atom stereocenters. The molecule has 0 saturated heterocycles. The molecule has 0 aliphatic carbocycles. The Kier molecular flexibility index (Phi) is 1.97. The number of nitrogens with two attached hydrogens (primary N) is 1. The fourth-order valence-electron chi connectivity index (χ4n) is 1.08. The maximum absolute atomic E-state index is 10.6. The number of carboxylic acid groups (broad SMARTS) is 2. The second kappa shape index (κ2) is 2.81. The third-order valence-electron chi connectivity index (χ3n) is 1.65. The molecule has 1 rings (SSSR count). The van der Waals surface area contributed by atoms with Crippen LogP contribution < -0.4 is 5.73 Å². The Hall–Kier alpha value is -1.98. The van der Waals surface area contributed by atoms with Crippen molar-refractivity contribution < 1.29 is 19.8 Å². The minimum atomic E-state index is -1.24. The summed E-state index contributed by atoms with van der Waals surface area (Å²) in [6.45, 7) is 0. The summed E-state index contributed by atoms with van der Waals surface area (Å²) in [4.78, 5) is 21.1. The molecule has 0 aromatic carbocycles. The summed E-state index contributed by atoms with van der Waals surface area (Å²) in [5.41, 5.74) is 4.70. The van der Waals surface area contributed by atoms with Gasteiger partial charge in [-0.2, -0.15) is 0 Å². The highest BCUT2D eigenvalue weighted by molar-refractivity contribution is 6.02. The minimum Gasteiger partial charge on any atom is -0.478 e. The Balaban J connectivity index is 3.39. The zero-order valence-electron chi connectivity index (χ0n) is 6.81. The van der Waals surface area contributed by atoms with Gasteiger partial charge in [-0.15, -0.1) is 0 Å². The normalized spacial score (nSPS) is 9.92. The molecule has 0 amide bonds. The minimum absolute atomic E-state index is 0.195. The number of nitrogen functional groups attached to an aromatic ring is 1. The average Bonchev–Trinajstić information content (AvgIpc) is 2.26. The summed E-state index contributed by atoms with van der Waals surface area (Å²) in [7, 11) is 1.42. The van der Waals surface area contributed by atoms with Crippen molar-refractivity contribution in [1.82, 2.24) is 4.57 Å². The lowest BCUT2D eigenvalue weighted by Gasteiger charge is -1.96. The molecule has 13 heavy (non-hydrogen) atoms. The highest BCUT2D eigenvalue weighted by Gasteiger charge is 2.20. The molecular formula is C7H8N2O4. The van der Waals surface area contributed by atoms with E-state index < -0.39 is 11.9 Å². The molecule has 0 fully saturated rings. The smallest absolute Gasteiger partial charge is 0.354 e. The van der Waals surface area contributed by atoms with E-state index in [1.54, 1.807) is 0 Å². The molecule has 0 bridgehead atoms. The predicted molar refractivity (Wildman–Crippen MR) is 43.7 cm³/mol. The number of carboxylic acids is 2. The van der Waals surface area contributed by atoms with Crippen LogP contribution in [-0.2, 0) is 7.05 Å². The van der Waals surface area contributed by atoms with Crippen molar-refractivity contribution in [3.63, 3.8) is 0 Å². The summed E-state index contributed by atoms with van der Waals surface area (Å²) in [5, 5.41) is 17.2. The largest absolute Gasteiger partial charge is 0.478 e. The molecule has 1 heterocycles. The lowest BCUT2D eigenvalue weighted by molar-refractivity contribution is 0.0684. The van der Waals surface area contributed by atoms with Crippen molar-refractivity contribution in [3.8, 4) is 0 Å². The van der Waals surface area contributed by atoms with Gasteiger partial charge in [-0.3, -0.25) is 0 Å². The number of rotatable bonds is 2. The van der Waals surface area contributed by atoms with Crippen molar-refractivity contribution >= 4 is 17.6 Å². The van der Waals surface area contributed by atoms with Crippen LogP contribution in [-0.4, -0.2) is 26.7 Å². The van der Waals surface area contributed by atoms with Gasteiger partial charge in [-0.05, 0) is 0 Å². The molecule has 6 heteroatoms. The second-order valence-corrected chi connectivity index (χ2v) is 2.53. The monoisotopic (exact) mass is 184 g/mol. The van der Waals surface area contributed by atoms with E-state index in [1.165, 1.54) is 17.8 Å². The van der Waals surface area contributed by atoms with Crippen LogP contribution in [0.5, 0.6) is 0 Å². The van der Waals surface area contributed by atoms with Crippen LogP contribution >= 0.6 is 0 Å². The molecule has 6 nitrogen and oxygen atoms in total. The molecule has 1 aromatic rings. The highest BCUT2D eigenvalue weighted by Crippen LogP contribution is 2.19. The van der Waals surface area contributed by atoms with Crippen LogP contribution in [0.25, 0.3) is 0 Å². The fourth-order valence-corrected chi connectivity index (χ4v) is 1.08. The van der Waals surface area contributed by atoms with E-state index in [4.69, 9.17) is 15.9 Å². The number of aromatic carboxylic acids is 2. The molecule has 0 saturated carbocycles. The third kappa shape index (κ3) is 1.33. The van der Waals surface area contributed by atoms with Crippen LogP contribution in [0, 0.1) is 0 Å².